The lowest BCUT2D eigenvalue weighted by Gasteiger charge is -2.33. The van der Waals surface area contributed by atoms with Gasteiger partial charge >= 0.3 is 5.97 Å². The van der Waals surface area contributed by atoms with Crippen molar-refractivity contribution in [1.29, 1.82) is 0 Å². The van der Waals surface area contributed by atoms with Crippen molar-refractivity contribution >= 4 is 17.8 Å². The molecule has 18 nitrogen and oxygen atoms in total. The minimum atomic E-state index is -0.805. The van der Waals surface area contributed by atoms with Crippen LogP contribution in [0.25, 0.3) is 31.3 Å². The number of ether oxygens (including phenoxy) is 4. The van der Waals surface area contributed by atoms with Crippen LogP contribution in [0, 0.1) is 5.41 Å². The Balaban J connectivity index is 2.72. The quantitative estimate of drug-likeness (QED) is 0.0562. The molecule has 1 aliphatic heterocycles. The molecular formula is C21H34N10O8. The average molecular weight is 555 g/mol. The topological polar surface area (TPSA) is 247 Å². The van der Waals surface area contributed by atoms with Gasteiger partial charge in [0, 0.05) is 67.0 Å². The first-order valence-electron chi connectivity index (χ1n) is 12.4. The van der Waals surface area contributed by atoms with Crippen molar-refractivity contribution < 1.29 is 38.2 Å². The Hall–Kier alpha value is -3.62. The van der Waals surface area contributed by atoms with E-state index >= 15 is 0 Å². The Morgan fingerprint density at radius 3 is 1.49 bits per heavy atom. The van der Waals surface area contributed by atoms with Gasteiger partial charge in [-0.1, -0.05) is 15.3 Å². The fourth-order valence-corrected chi connectivity index (χ4v) is 3.21. The summed E-state index contributed by atoms with van der Waals surface area (Å²) in [6, 6.07) is 0. The number of hydrogen-bond acceptors (Lipinski definition) is 11. The van der Waals surface area contributed by atoms with Crippen LogP contribution in [0.4, 0.5) is 0 Å². The fraction of sp³-hybridized carbons (Fsp3) is 0.857. The van der Waals surface area contributed by atoms with Gasteiger partial charge in [-0.3, -0.25) is 9.59 Å². The first-order valence-corrected chi connectivity index (χ1v) is 12.4. The van der Waals surface area contributed by atoms with Gasteiger partial charge in [-0.2, -0.15) is 0 Å². The molecule has 0 unspecified atom stereocenters. The molecule has 18 heteroatoms. The average Bonchev–Trinajstić information content (AvgIpc) is 3.24. The van der Waals surface area contributed by atoms with Gasteiger partial charge in [0.2, 0.25) is 0 Å². The van der Waals surface area contributed by atoms with Crippen LogP contribution in [0.15, 0.2) is 15.3 Å². The Bertz CT molecular complexity index is 831. The van der Waals surface area contributed by atoms with Crippen LogP contribution in [-0.4, -0.2) is 95.3 Å². The van der Waals surface area contributed by atoms with Crippen LogP contribution >= 0.6 is 0 Å². The third-order valence-corrected chi connectivity index (χ3v) is 5.11. The monoisotopic (exact) mass is 554 g/mol. The van der Waals surface area contributed by atoms with Crippen LogP contribution in [0.2, 0.25) is 0 Å². The van der Waals surface area contributed by atoms with Crippen LogP contribution in [0.3, 0.4) is 0 Å². The van der Waals surface area contributed by atoms with E-state index in [0.717, 1.165) is 0 Å². The lowest BCUT2D eigenvalue weighted by Crippen LogP contribution is -2.42. The largest absolute Gasteiger partial charge is 0.381 e. The molecule has 2 amide bonds. The predicted octanol–water partition coefficient (Wildman–Crippen LogP) is 3.14. The molecule has 1 aliphatic rings. The van der Waals surface area contributed by atoms with E-state index in [9.17, 15) is 14.4 Å². The van der Waals surface area contributed by atoms with Crippen molar-refractivity contribution in [3.8, 4) is 0 Å². The zero-order valence-electron chi connectivity index (χ0n) is 21.8. The molecule has 0 N–H and O–H groups in total. The molecule has 0 aliphatic carbocycles. The zero-order valence-corrected chi connectivity index (χ0v) is 21.8. The minimum absolute atomic E-state index is 0.000279. The molecule has 0 atom stereocenters. The van der Waals surface area contributed by atoms with Gasteiger partial charge in [-0.25, -0.2) is 4.79 Å². The summed E-state index contributed by atoms with van der Waals surface area (Å²) < 4.78 is 23.1. The predicted molar refractivity (Wildman–Crippen MR) is 133 cm³/mol. The maximum atomic E-state index is 12.1. The second-order valence-corrected chi connectivity index (χ2v) is 8.43. The van der Waals surface area contributed by atoms with Crippen molar-refractivity contribution in [1.82, 2.24) is 5.06 Å². The molecule has 216 valence electrons. The maximum Gasteiger partial charge on any atom is 0.335 e. The SMILES string of the molecule is [N-]=[N+]=NCCCOCC(COCCCN=[N+]=[N-])(COCCCN=[N+]=[N-])COCCC(=O)ON1C(=O)CCC1=O. The number of carbonyl (C=O) groups excluding carboxylic acids is 3. The molecule has 39 heavy (non-hydrogen) atoms. The molecule has 0 aromatic rings. The number of nitrogens with zero attached hydrogens (tertiary/aromatic N) is 10. The Labute approximate surface area is 224 Å². The number of hydroxylamine groups is 2. The third kappa shape index (κ3) is 15.4. The van der Waals surface area contributed by atoms with E-state index in [1.54, 1.807) is 0 Å². The van der Waals surface area contributed by atoms with Crippen molar-refractivity contribution in [3.05, 3.63) is 31.3 Å². The Kier molecular flexibility index (Phi) is 18.3. The van der Waals surface area contributed by atoms with Gasteiger partial charge in [0.25, 0.3) is 11.8 Å². The highest BCUT2D eigenvalue weighted by Gasteiger charge is 2.34. The second-order valence-electron chi connectivity index (χ2n) is 8.43. The number of imide groups is 1. The van der Waals surface area contributed by atoms with E-state index in [-0.39, 0.29) is 71.9 Å². The molecule has 0 saturated carbocycles. The fourth-order valence-electron chi connectivity index (χ4n) is 3.21. The molecule has 1 fully saturated rings. The molecule has 1 rings (SSSR count). The van der Waals surface area contributed by atoms with Crippen LogP contribution in [0.5, 0.6) is 0 Å². The van der Waals surface area contributed by atoms with E-state index in [0.29, 0.717) is 44.1 Å². The lowest BCUT2D eigenvalue weighted by molar-refractivity contribution is -0.198. The second kappa shape index (κ2) is 21.3. The first-order chi connectivity index (χ1) is 19.0. The van der Waals surface area contributed by atoms with E-state index < -0.39 is 23.2 Å². The van der Waals surface area contributed by atoms with Gasteiger partial charge in [0.05, 0.1) is 44.9 Å². The van der Waals surface area contributed by atoms with Crippen molar-refractivity contribution in [3.63, 3.8) is 0 Å². The van der Waals surface area contributed by atoms with Crippen LogP contribution in [-0.2, 0) is 38.2 Å². The van der Waals surface area contributed by atoms with Crippen LogP contribution in [0.1, 0.15) is 38.5 Å². The summed E-state index contributed by atoms with van der Waals surface area (Å²) in [5.41, 5.74) is 24.4. The number of carbonyl (C=O) groups is 3. The number of azide groups is 3. The van der Waals surface area contributed by atoms with E-state index in [1.807, 2.05) is 0 Å². The van der Waals surface area contributed by atoms with Gasteiger partial charge in [-0.05, 0) is 35.9 Å². The van der Waals surface area contributed by atoms with Crippen molar-refractivity contribution in [2.75, 3.05) is 72.5 Å². The Morgan fingerprint density at radius 2 is 1.10 bits per heavy atom. The summed E-state index contributed by atoms with van der Waals surface area (Å²) in [6.07, 6.45) is 1.29. The normalized spacial score (nSPS) is 14.2. The van der Waals surface area contributed by atoms with E-state index in [1.165, 1.54) is 0 Å². The maximum absolute atomic E-state index is 12.1. The zero-order chi connectivity index (χ0) is 28.6. The standard InChI is InChI=1S/C21H34N10O8/c22-28-25-7-1-10-35-14-21(15-36-11-2-8-26-29-23,16-37-12-3-9-27-30-24)17-38-13-6-20(34)39-31-18(32)4-5-19(31)33/h1-17H2. The molecule has 1 saturated heterocycles. The number of rotatable bonds is 24. The van der Waals surface area contributed by atoms with Gasteiger partial charge < -0.3 is 23.8 Å². The molecule has 1 heterocycles. The molecule has 0 aromatic carbocycles. The summed E-state index contributed by atoms with van der Waals surface area (Å²) in [5, 5.41) is 10.9. The van der Waals surface area contributed by atoms with Gasteiger partial charge in [-0.15, -0.1) is 5.06 Å². The van der Waals surface area contributed by atoms with Crippen LogP contribution < -0.4 is 0 Å². The summed E-state index contributed by atoms with van der Waals surface area (Å²) in [6.45, 7) is 2.18. The van der Waals surface area contributed by atoms with E-state index in [4.69, 9.17) is 40.4 Å². The van der Waals surface area contributed by atoms with Crippen molar-refractivity contribution in [2.45, 2.75) is 38.5 Å². The summed E-state index contributed by atoms with van der Waals surface area (Å²) in [7, 11) is 0. The third-order valence-electron chi connectivity index (χ3n) is 5.11. The molecule has 0 radical (unpaired) electrons. The summed E-state index contributed by atoms with van der Waals surface area (Å²) >= 11 is 0. The molecule has 0 aromatic heterocycles. The molecule has 0 bridgehead atoms. The molecule has 0 spiro atoms. The summed E-state index contributed by atoms with van der Waals surface area (Å²) in [5.74, 6) is -1.93. The highest BCUT2D eigenvalue weighted by Crippen LogP contribution is 2.22. The van der Waals surface area contributed by atoms with Gasteiger partial charge in [0.1, 0.15) is 0 Å². The molecular weight excluding hydrogens is 520 g/mol. The highest BCUT2D eigenvalue weighted by atomic mass is 16.7. The Morgan fingerprint density at radius 1 is 0.718 bits per heavy atom. The summed E-state index contributed by atoms with van der Waals surface area (Å²) in [4.78, 5) is 48.3. The number of amides is 2. The van der Waals surface area contributed by atoms with E-state index in [2.05, 4.69) is 30.1 Å². The van der Waals surface area contributed by atoms with Crippen molar-refractivity contribution in [2.24, 2.45) is 20.8 Å². The lowest BCUT2D eigenvalue weighted by atomic mass is 9.92. The van der Waals surface area contributed by atoms with Gasteiger partial charge in [0.15, 0.2) is 0 Å². The highest BCUT2D eigenvalue weighted by molar-refractivity contribution is 6.01. The minimum Gasteiger partial charge on any atom is -0.381 e. The smallest absolute Gasteiger partial charge is 0.335 e. The first kappa shape index (κ1) is 33.4. The number of hydrogen-bond donors (Lipinski definition) is 0.